The Balaban J connectivity index is 1.82. The summed E-state index contributed by atoms with van der Waals surface area (Å²) in [5, 5.41) is 9.70. The van der Waals surface area contributed by atoms with E-state index in [4.69, 9.17) is 0 Å². The average Bonchev–Trinajstić information content (AvgIpc) is 3.00. The second kappa shape index (κ2) is 4.14. The lowest BCUT2D eigenvalue weighted by Gasteiger charge is -2.08. The van der Waals surface area contributed by atoms with Gasteiger partial charge in [-0.15, -0.1) is 0 Å². The van der Waals surface area contributed by atoms with Crippen molar-refractivity contribution in [2.45, 2.75) is 38.7 Å². The molecule has 1 N–H and O–H groups in total. The summed E-state index contributed by atoms with van der Waals surface area (Å²) in [6.45, 7) is 2.10. The Morgan fingerprint density at radius 3 is 2.50 bits per heavy atom. The third-order valence-electron chi connectivity index (χ3n) is 3.02. The van der Waals surface area contributed by atoms with Gasteiger partial charge >= 0.3 is 0 Å². The highest BCUT2D eigenvalue weighted by atomic mass is 16.3. The van der Waals surface area contributed by atoms with Crippen LogP contribution < -0.4 is 0 Å². The van der Waals surface area contributed by atoms with E-state index in [0.29, 0.717) is 5.92 Å². The molecule has 1 aromatic rings. The quantitative estimate of drug-likeness (QED) is 0.774. The van der Waals surface area contributed by atoms with Crippen molar-refractivity contribution in [3.05, 3.63) is 35.4 Å². The average molecular weight is 190 g/mol. The molecule has 1 aliphatic rings. The molecule has 2 rings (SSSR count). The zero-order valence-corrected chi connectivity index (χ0v) is 8.74. The first kappa shape index (κ1) is 9.72. The molecule has 1 aromatic carbocycles. The molecule has 0 aromatic heterocycles. The Morgan fingerprint density at radius 2 is 1.93 bits per heavy atom. The van der Waals surface area contributed by atoms with Crippen LogP contribution in [0.2, 0.25) is 0 Å². The molecule has 0 radical (unpaired) electrons. The fourth-order valence-electron chi connectivity index (χ4n) is 1.79. The van der Waals surface area contributed by atoms with Gasteiger partial charge in [0.25, 0.3) is 0 Å². The zero-order valence-electron chi connectivity index (χ0n) is 8.74. The second-order valence-corrected chi connectivity index (χ2v) is 4.43. The lowest BCUT2D eigenvalue weighted by Crippen LogP contribution is -2.09. The summed E-state index contributed by atoms with van der Waals surface area (Å²) in [6.07, 6.45) is 4.34. The van der Waals surface area contributed by atoms with Gasteiger partial charge in [0.05, 0.1) is 6.10 Å². The van der Waals surface area contributed by atoms with E-state index in [-0.39, 0.29) is 6.10 Å². The summed E-state index contributed by atoms with van der Waals surface area (Å²) < 4.78 is 0. The molecule has 1 atom stereocenters. The van der Waals surface area contributed by atoms with Gasteiger partial charge in [-0.25, -0.2) is 0 Å². The highest BCUT2D eigenvalue weighted by Gasteiger charge is 2.28. The smallest absolute Gasteiger partial charge is 0.0571 e. The molecule has 0 aliphatic heterocycles. The van der Waals surface area contributed by atoms with Crippen molar-refractivity contribution >= 4 is 0 Å². The molecule has 0 spiro atoms. The lowest BCUT2D eigenvalue weighted by atomic mass is 10.0. The maximum Gasteiger partial charge on any atom is 0.0571 e. The lowest BCUT2D eigenvalue weighted by molar-refractivity contribution is 0.142. The van der Waals surface area contributed by atoms with Crippen LogP contribution in [0.25, 0.3) is 0 Å². The van der Waals surface area contributed by atoms with Crippen LogP contribution in [0.1, 0.15) is 30.4 Å². The van der Waals surface area contributed by atoms with E-state index in [2.05, 4.69) is 31.2 Å². The Morgan fingerprint density at radius 1 is 1.29 bits per heavy atom. The minimum atomic E-state index is -0.0590. The molecule has 1 nitrogen and oxygen atoms in total. The highest BCUT2D eigenvalue weighted by Crippen LogP contribution is 2.34. The standard InChI is InChI=1S/C13H18O/c1-10-2-4-11(5-3-10)6-9-13(14)12-7-8-12/h2-5,12-14H,6-9H2,1H3/t13-/m1/s1. The molecule has 0 unspecified atom stereocenters. The summed E-state index contributed by atoms with van der Waals surface area (Å²) in [5.74, 6) is 0.612. The topological polar surface area (TPSA) is 20.2 Å². The number of hydrogen-bond acceptors (Lipinski definition) is 1. The van der Waals surface area contributed by atoms with E-state index in [1.807, 2.05) is 0 Å². The minimum Gasteiger partial charge on any atom is -0.393 e. The van der Waals surface area contributed by atoms with Crippen molar-refractivity contribution in [3.63, 3.8) is 0 Å². The molecular formula is C13H18O. The third-order valence-corrected chi connectivity index (χ3v) is 3.02. The zero-order chi connectivity index (χ0) is 9.97. The number of rotatable bonds is 4. The van der Waals surface area contributed by atoms with Crippen LogP contribution in [-0.2, 0) is 6.42 Å². The van der Waals surface area contributed by atoms with E-state index in [0.717, 1.165) is 12.8 Å². The Labute approximate surface area is 85.8 Å². The fraction of sp³-hybridized carbons (Fsp3) is 0.538. The van der Waals surface area contributed by atoms with Gasteiger partial charge in [0.1, 0.15) is 0 Å². The van der Waals surface area contributed by atoms with Crippen LogP contribution in [0.4, 0.5) is 0 Å². The van der Waals surface area contributed by atoms with Crippen molar-refractivity contribution in [3.8, 4) is 0 Å². The fourth-order valence-corrected chi connectivity index (χ4v) is 1.79. The normalized spacial score (nSPS) is 18.1. The second-order valence-electron chi connectivity index (χ2n) is 4.43. The molecule has 0 bridgehead atoms. The monoisotopic (exact) mass is 190 g/mol. The van der Waals surface area contributed by atoms with Gasteiger partial charge in [-0.05, 0) is 44.1 Å². The molecule has 0 heterocycles. The summed E-state index contributed by atoms with van der Waals surface area (Å²) in [6, 6.07) is 8.60. The number of aryl methyl sites for hydroxylation is 2. The molecule has 14 heavy (non-hydrogen) atoms. The van der Waals surface area contributed by atoms with Crippen molar-refractivity contribution in [2.24, 2.45) is 5.92 Å². The molecule has 76 valence electrons. The molecule has 1 aliphatic carbocycles. The molecule has 0 amide bonds. The van der Waals surface area contributed by atoms with Crippen LogP contribution in [0.5, 0.6) is 0 Å². The van der Waals surface area contributed by atoms with Gasteiger partial charge in [0, 0.05) is 0 Å². The molecule has 0 saturated heterocycles. The summed E-state index contributed by atoms with van der Waals surface area (Å²) >= 11 is 0. The molecular weight excluding hydrogens is 172 g/mol. The van der Waals surface area contributed by atoms with Crippen LogP contribution in [0, 0.1) is 12.8 Å². The maximum atomic E-state index is 9.70. The summed E-state index contributed by atoms with van der Waals surface area (Å²) in [7, 11) is 0. The van der Waals surface area contributed by atoms with Crippen molar-refractivity contribution in [1.82, 2.24) is 0 Å². The minimum absolute atomic E-state index is 0.0590. The van der Waals surface area contributed by atoms with Gasteiger partial charge in [0.15, 0.2) is 0 Å². The van der Waals surface area contributed by atoms with E-state index in [1.54, 1.807) is 0 Å². The van der Waals surface area contributed by atoms with Gasteiger partial charge in [-0.2, -0.15) is 0 Å². The Kier molecular flexibility index (Phi) is 2.87. The van der Waals surface area contributed by atoms with Crippen LogP contribution in [-0.4, -0.2) is 11.2 Å². The van der Waals surface area contributed by atoms with Crippen molar-refractivity contribution in [1.29, 1.82) is 0 Å². The van der Waals surface area contributed by atoms with E-state index in [1.165, 1.54) is 24.0 Å². The van der Waals surface area contributed by atoms with Gasteiger partial charge in [0.2, 0.25) is 0 Å². The number of hydrogen-bond donors (Lipinski definition) is 1. The first-order chi connectivity index (χ1) is 6.75. The molecule has 1 heteroatoms. The summed E-state index contributed by atoms with van der Waals surface area (Å²) in [4.78, 5) is 0. The third kappa shape index (κ3) is 2.58. The maximum absolute atomic E-state index is 9.70. The number of benzene rings is 1. The van der Waals surface area contributed by atoms with E-state index >= 15 is 0 Å². The highest BCUT2D eigenvalue weighted by molar-refractivity contribution is 5.21. The van der Waals surface area contributed by atoms with E-state index in [9.17, 15) is 5.11 Å². The molecule has 1 fully saturated rings. The number of aliphatic hydroxyl groups is 1. The van der Waals surface area contributed by atoms with Crippen molar-refractivity contribution < 1.29 is 5.11 Å². The Hall–Kier alpha value is -0.820. The van der Waals surface area contributed by atoms with Crippen LogP contribution >= 0.6 is 0 Å². The van der Waals surface area contributed by atoms with Crippen LogP contribution in [0.3, 0.4) is 0 Å². The van der Waals surface area contributed by atoms with E-state index < -0.39 is 0 Å². The van der Waals surface area contributed by atoms with Crippen LogP contribution in [0.15, 0.2) is 24.3 Å². The van der Waals surface area contributed by atoms with Gasteiger partial charge < -0.3 is 5.11 Å². The largest absolute Gasteiger partial charge is 0.393 e. The first-order valence-corrected chi connectivity index (χ1v) is 5.49. The predicted molar refractivity (Wildman–Crippen MR) is 58.2 cm³/mol. The number of aliphatic hydroxyl groups excluding tert-OH is 1. The predicted octanol–water partition coefficient (Wildman–Crippen LogP) is 2.70. The molecule has 1 saturated carbocycles. The first-order valence-electron chi connectivity index (χ1n) is 5.49. The van der Waals surface area contributed by atoms with Gasteiger partial charge in [-0.3, -0.25) is 0 Å². The SMILES string of the molecule is Cc1ccc(CC[C@@H](O)C2CC2)cc1. The van der Waals surface area contributed by atoms with Crippen molar-refractivity contribution in [2.75, 3.05) is 0 Å². The summed E-state index contributed by atoms with van der Waals surface area (Å²) in [5.41, 5.74) is 2.65. The van der Waals surface area contributed by atoms with Gasteiger partial charge in [-0.1, -0.05) is 29.8 Å². The Bertz CT molecular complexity index is 285.